The van der Waals surface area contributed by atoms with Gasteiger partial charge in [0.2, 0.25) is 5.16 Å². The van der Waals surface area contributed by atoms with E-state index in [1.54, 1.807) is 23.1 Å². The van der Waals surface area contributed by atoms with E-state index in [-0.39, 0.29) is 0 Å². The molecule has 2 aromatic rings. The monoisotopic (exact) mass is 324 g/mol. The van der Waals surface area contributed by atoms with Crippen molar-refractivity contribution in [2.75, 3.05) is 32.1 Å². The van der Waals surface area contributed by atoms with Crippen LogP contribution in [-0.2, 0) is 11.2 Å². The summed E-state index contributed by atoms with van der Waals surface area (Å²) in [5.74, 6) is 1.96. The third kappa shape index (κ3) is 4.29. The normalized spacial score (nSPS) is 20.0. The van der Waals surface area contributed by atoms with Gasteiger partial charge in [0.25, 0.3) is 0 Å². The topological polar surface area (TPSA) is 54.0 Å². The second-order valence-corrected chi connectivity index (χ2v) is 7.22. The predicted molar refractivity (Wildman–Crippen MR) is 86.1 cm³/mol. The molecular formula is C14H20N4OS2. The van der Waals surface area contributed by atoms with Crippen LogP contribution in [0.15, 0.2) is 22.7 Å². The van der Waals surface area contributed by atoms with E-state index < -0.39 is 0 Å². The maximum Gasteiger partial charge on any atom is 0.208 e. The van der Waals surface area contributed by atoms with Gasteiger partial charge >= 0.3 is 0 Å². The average Bonchev–Trinajstić information content (AvgIpc) is 3.14. The molecular weight excluding hydrogens is 304 g/mol. The third-order valence-corrected chi connectivity index (χ3v) is 5.25. The van der Waals surface area contributed by atoms with E-state index in [2.05, 4.69) is 44.5 Å². The van der Waals surface area contributed by atoms with Crippen molar-refractivity contribution in [3.63, 3.8) is 0 Å². The highest BCUT2D eigenvalue weighted by Crippen LogP contribution is 2.17. The number of hydrogen-bond donors (Lipinski definition) is 1. The molecule has 0 aromatic carbocycles. The van der Waals surface area contributed by atoms with Gasteiger partial charge in [0.15, 0.2) is 0 Å². The molecule has 1 aliphatic rings. The summed E-state index contributed by atoms with van der Waals surface area (Å²) in [6.07, 6.45) is 0.839. The standard InChI is InChI=1S/C14H20N4OS2/c1-11-10-19-6-4-18(11)5-8-21-14-15-13(16-17-14)9-12-3-2-7-20-12/h2-3,7,11H,4-6,8-10H2,1H3,(H,15,16,17)/t11-/m0/s1. The second kappa shape index (κ2) is 7.40. The highest BCUT2D eigenvalue weighted by molar-refractivity contribution is 7.99. The molecule has 5 nitrogen and oxygen atoms in total. The first-order valence-corrected chi connectivity index (χ1v) is 9.06. The number of thiophene rings is 1. The Kier molecular flexibility index (Phi) is 5.29. The number of aromatic amines is 1. The van der Waals surface area contributed by atoms with E-state index in [0.29, 0.717) is 6.04 Å². The molecule has 3 rings (SSSR count). The maximum absolute atomic E-state index is 5.45. The Hall–Kier alpha value is -0.890. The van der Waals surface area contributed by atoms with Crippen molar-refractivity contribution < 1.29 is 4.74 Å². The number of aromatic nitrogens is 3. The Balaban J connectivity index is 1.44. The van der Waals surface area contributed by atoms with E-state index in [1.807, 2.05) is 0 Å². The van der Waals surface area contributed by atoms with Gasteiger partial charge in [0.1, 0.15) is 5.82 Å². The van der Waals surface area contributed by atoms with Crippen LogP contribution in [-0.4, -0.2) is 58.2 Å². The minimum atomic E-state index is 0.515. The molecule has 21 heavy (non-hydrogen) atoms. The molecule has 2 aromatic heterocycles. The van der Waals surface area contributed by atoms with Gasteiger partial charge in [0.05, 0.1) is 13.2 Å². The van der Waals surface area contributed by atoms with Crippen molar-refractivity contribution in [3.05, 3.63) is 28.2 Å². The number of nitrogens with zero attached hydrogens (tertiary/aromatic N) is 3. The van der Waals surface area contributed by atoms with Crippen LogP contribution in [0.4, 0.5) is 0 Å². The predicted octanol–water partition coefficient (Wildman–Crippen LogP) is 2.27. The number of hydrogen-bond acceptors (Lipinski definition) is 6. The van der Waals surface area contributed by atoms with E-state index in [9.17, 15) is 0 Å². The van der Waals surface area contributed by atoms with Crippen molar-refractivity contribution >= 4 is 23.1 Å². The fourth-order valence-electron chi connectivity index (χ4n) is 2.35. The van der Waals surface area contributed by atoms with Crippen molar-refractivity contribution in [1.29, 1.82) is 0 Å². The molecule has 0 amide bonds. The fourth-order valence-corrected chi connectivity index (χ4v) is 3.85. The third-order valence-electron chi connectivity index (χ3n) is 3.55. The van der Waals surface area contributed by atoms with E-state index in [0.717, 1.165) is 49.5 Å². The molecule has 1 aliphatic heterocycles. The first-order valence-electron chi connectivity index (χ1n) is 7.19. The van der Waals surface area contributed by atoms with Crippen LogP contribution in [0.1, 0.15) is 17.6 Å². The van der Waals surface area contributed by atoms with Crippen LogP contribution in [0.2, 0.25) is 0 Å². The molecule has 1 fully saturated rings. The first kappa shape index (κ1) is 15.0. The summed E-state index contributed by atoms with van der Waals surface area (Å²) in [6, 6.07) is 4.70. The van der Waals surface area contributed by atoms with Gasteiger partial charge in [-0.15, -0.1) is 16.4 Å². The summed E-state index contributed by atoms with van der Waals surface area (Å²) in [6.45, 7) is 6.00. The van der Waals surface area contributed by atoms with Crippen molar-refractivity contribution in [1.82, 2.24) is 20.1 Å². The summed E-state index contributed by atoms with van der Waals surface area (Å²) < 4.78 is 5.45. The van der Waals surface area contributed by atoms with Crippen LogP contribution in [0.5, 0.6) is 0 Å². The fraction of sp³-hybridized carbons (Fsp3) is 0.571. The van der Waals surface area contributed by atoms with Crippen LogP contribution >= 0.6 is 23.1 Å². The second-order valence-electron chi connectivity index (χ2n) is 5.13. The first-order chi connectivity index (χ1) is 10.3. The zero-order valence-electron chi connectivity index (χ0n) is 12.1. The number of morpholine rings is 1. The summed E-state index contributed by atoms with van der Waals surface area (Å²) >= 11 is 3.47. The molecule has 1 atom stereocenters. The highest BCUT2D eigenvalue weighted by Gasteiger charge is 2.18. The van der Waals surface area contributed by atoms with Crippen molar-refractivity contribution in [2.45, 2.75) is 24.5 Å². The van der Waals surface area contributed by atoms with Crippen molar-refractivity contribution in [3.8, 4) is 0 Å². The summed E-state index contributed by atoms with van der Waals surface area (Å²) in [5, 5.41) is 10.3. The molecule has 0 radical (unpaired) electrons. The lowest BCUT2D eigenvalue weighted by atomic mass is 10.2. The maximum atomic E-state index is 5.45. The lowest BCUT2D eigenvalue weighted by molar-refractivity contribution is 0.00298. The van der Waals surface area contributed by atoms with Crippen LogP contribution < -0.4 is 0 Å². The van der Waals surface area contributed by atoms with Gasteiger partial charge in [-0.3, -0.25) is 10.00 Å². The Bertz CT molecular complexity index is 543. The molecule has 0 bridgehead atoms. The molecule has 1 saturated heterocycles. The molecule has 114 valence electrons. The molecule has 0 unspecified atom stereocenters. The zero-order chi connectivity index (χ0) is 14.5. The minimum Gasteiger partial charge on any atom is -0.379 e. The number of rotatable bonds is 6. The van der Waals surface area contributed by atoms with Gasteiger partial charge in [-0.2, -0.15) is 0 Å². The Morgan fingerprint density at radius 2 is 2.52 bits per heavy atom. The van der Waals surface area contributed by atoms with Gasteiger partial charge in [-0.05, 0) is 18.4 Å². The van der Waals surface area contributed by atoms with Gasteiger partial charge in [0, 0.05) is 36.2 Å². The average molecular weight is 324 g/mol. The Labute approximate surface area is 133 Å². The van der Waals surface area contributed by atoms with Gasteiger partial charge in [-0.25, -0.2) is 4.98 Å². The highest BCUT2D eigenvalue weighted by atomic mass is 32.2. The van der Waals surface area contributed by atoms with Crippen LogP contribution in [0.3, 0.4) is 0 Å². The SMILES string of the molecule is C[C@H]1COCCN1CCSc1n[nH]c(Cc2cccs2)n1. The number of ether oxygens (including phenoxy) is 1. The van der Waals surface area contributed by atoms with Gasteiger partial charge < -0.3 is 4.74 Å². The molecule has 1 N–H and O–H groups in total. The zero-order valence-corrected chi connectivity index (χ0v) is 13.8. The van der Waals surface area contributed by atoms with Crippen LogP contribution in [0, 0.1) is 0 Å². The minimum absolute atomic E-state index is 0.515. The van der Waals surface area contributed by atoms with E-state index in [4.69, 9.17) is 4.74 Å². The Morgan fingerprint density at radius 3 is 3.33 bits per heavy atom. The van der Waals surface area contributed by atoms with E-state index in [1.165, 1.54) is 4.88 Å². The Morgan fingerprint density at radius 1 is 1.57 bits per heavy atom. The molecule has 0 aliphatic carbocycles. The lowest BCUT2D eigenvalue weighted by Crippen LogP contribution is -2.44. The molecule has 7 heteroatoms. The van der Waals surface area contributed by atoms with Gasteiger partial charge in [-0.1, -0.05) is 17.8 Å². The van der Waals surface area contributed by atoms with E-state index >= 15 is 0 Å². The largest absolute Gasteiger partial charge is 0.379 e. The molecule has 0 spiro atoms. The molecule has 3 heterocycles. The summed E-state index contributed by atoms with van der Waals surface area (Å²) in [5.41, 5.74) is 0. The summed E-state index contributed by atoms with van der Waals surface area (Å²) in [4.78, 5) is 8.32. The smallest absolute Gasteiger partial charge is 0.208 e. The quantitative estimate of drug-likeness (QED) is 0.826. The lowest BCUT2D eigenvalue weighted by Gasteiger charge is -2.32. The number of nitrogens with one attached hydrogen (secondary N) is 1. The van der Waals surface area contributed by atoms with Crippen molar-refractivity contribution in [2.24, 2.45) is 0 Å². The van der Waals surface area contributed by atoms with Crippen LogP contribution in [0.25, 0.3) is 0 Å². The molecule has 0 saturated carbocycles. The summed E-state index contributed by atoms with van der Waals surface area (Å²) in [7, 11) is 0. The number of H-pyrrole nitrogens is 1. The number of thioether (sulfide) groups is 1.